The molecule has 4 rings (SSSR count). The lowest BCUT2D eigenvalue weighted by molar-refractivity contribution is 0.0825. The molecule has 0 aliphatic carbocycles. The Balaban J connectivity index is 1.34. The molecule has 8 nitrogen and oxygen atoms in total. The minimum atomic E-state index is -3.51. The van der Waals surface area contributed by atoms with Gasteiger partial charge < -0.3 is 9.47 Å². The van der Waals surface area contributed by atoms with Gasteiger partial charge in [0.1, 0.15) is 11.6 Å². The molecular weight excluding hydrogens is 376 g/mol. The number of rotatable bonds is 5. The third-order valence-electron chi connectivity index (χ3n) is 5.64. The van der Waals surface area contributed by atoms with Gasteiger partial charge in [0.25, 0.3) is 10.0 Å². The van der Waals surface area contributed by atoms with Crippen molar-refractivity contribution in [1.82, 2.24) is 23.7 Å². The Kier molecular flexibility index (Phi) is 5.15. The van der Waals surface area contributed by atoms with Crippen LogP contribution in [0.3, 0.4) is 0 Å². The second kappa shape index (κ2) is 7.46. The first-order valence-electron chi connectivity index (χ1n) is 9.79. The van der Waals surface area contributed by atoms with Gasteiger partial charge >= 0.3 is 0 Å². The first-order chi connectivity index (χ1) is 13.4. The summed E-state index contributed by atoms with van der Waals surface area (Å²) in [5.41, 5.74) is 0. The third-order valence-corrected chi connectivity index (χ3v) is 7.35. The average Bonchev–Trinajstić information content (AvgIpc) is 3.05. The normalized spacial score (nSPS) is 19.9. The van der Waals surface area contributed by atoms with E-state index in [9.17, 15) is 8.42 Å². The molecule has 9 heteroatoms. The fourth-order valence-corrected chi connectivity index (χ4v) is 5.45. The second-order valence-corrected chi connectivity index (χ2v) is 9.77. The van der Waals surface area contributed by atoms with E-state index in [-0.39, 0.29) is 17.0 Å². The molecule has 0 atom stereocenters. The summed E-state index contributed by atoms with van der Waals surface area (Å²) in [4.78, 5) is 13.5. The van der Waals surface area contributed by atoms with Gasteiger partial charge in [-0.15, -0.1) is 0 Å². The molecule has 2 aliphatic heterocycles. The largest absolute Gasteiger partial charge is 0.354 e. The second-order valence-electron chi connectivity index (χ2n) is 7.89. The minimum Gasteiger partial charge on any atom is -0.354 e. The molecule has 0 aromatic carbocycles. The van der Waals surface area contributed by atoms with Crippen molar-refractivity contribution in [3.05, 3.63) is 36.4 Å². The van der Waals surface area contributed by atoms with Crippen LogP contribution in [0.25, 0.3) is 0 Å². The molecule has 0 amide bonds. The molecule has 0 bridgehead atoms. The monoisotopic (exact) mass is 404 g/mol. The van der Waals surface area contributed by atoms with Crippen molar-refractivity contribution in [3.63, 3.8) is 0 Å². The van der Waals surface area contributed by atoms with Gasteiger partial charge in [-0.25, -0.2) is 18.4 Å². The van der Waals surface area contributed by atoms with Gasteiger partial charge in [0.2, 0.25) is 0 Å². The highest BCUT2D eigenvalue weighted by Gasteiger charge is 2.41. The maximum atomic E-state index is 12.9. The molecule has 152 valence electrons. The van der Waals surface area contributed by atoms with E-state index in [0.29, 0.717) is 13.1 Å². The van der Waals surface area contributed by atoms with Crippen LogP contribution in [0.2, 0.25) is 0 Å². The lowest BCUT2D eigenvalue weighted by Gasteiger charge is -2.47. The number of imidazole rings is 1. The van der Waals surface area contributed by atoms with Crippen molar-refractivity contribution in [1.29, 1.82) is 0 Å². The standard InChI is InChI=1S/C19H28N6O2S/c1-15(2)19-21-18(14-22(19)3)28(26,27)25-12-16(13-25)23-8-10-24(11-9-23)17-6-4-5-7-20-17/h4-7,14-16H,8-13H2,1-3H3. The van der Waals surface area contributed by atoms with Crippen molar-refractivity contribution in [2.75, 3.05) is 44.2 Å². The molecule has 2 fully saturated rings. The van der Waals surface area contributed by atoms with Crippen molar-refractivity contribution < 1.29 is 8.42 Å². The van der Waals surface area contributed by atoms with Crippen molar-refractivity contribution in [2.45, 2.75) is 30.8 Å². The summed E-state index contributed by atoms with van der Waals surface area (Å²) in [6.07, 6.45) is 3.45. The fraction of sp³-hybridized carbons (Fsp3) is 0.579. The zero-order valence-electron chi connectivity index (χ0n) is 16.7. The van der Waals surface area contributed by atoms with Crippen LogP contribution >= 0.6 is 0 Å². The average molecular weight is 405 g/mol. The molecule has 0 spiro atoms. The molecule has 2 aromatic heterocycles. The summed E-state index contributed by atoms with van der Waals surface area (Å²) < 4.78 is 29.1. The van der Waals surface area contributed by atoms with E-state index in [4.69, 9.17) is 0 Å². The van der Waals surface area contributed by atoms with Crippen molar-refractivity contribution >= 4 is 15.8 Å². The van der Waals surface area contributed by atoms with Crippen LogP contribution in [0, 0.1) is 0 Å². The third kappa shape index (κ3) is 3.54. The van der Waals surface area contributed by atoms with Crippen LogP contribution in [-0.2, 0) is 17.1 Å². The highest BCUT2D eigenvalue weighted by atomic mass is 32.2. The van der Waals surface area contributed by atoms with Gasteiger partial charge in [0, 0.05) is 70.7 Å². The summed E-state index contributed by atoms with van der Waals surface area (Å²) in [5, 5.41) is 0.164. The molecule has 2 aromatic rings. The topological polar surface area (TPSA) is 74.6 Å². The van der Waals surface area contributed by atoms with Gasteiger partial charge in [0.05, 0.1) is 0 Å². The smallest absolute Gasteiger partial charge is 0.262 e. The summed E-state index contributed by atoms with van der Waals surface area (Å²) in [5.74, 6) is 1.99. The number of aryl methyl sites for hydroxylation is 1. The number of sulfonamides is 1. The van der Waals surface area contributed by atoms with Crippen LogP contribution < -0.4 is 4.90 Å². The van der Waals surface area contributed by atoms with E-state index in [1.165, 1.54) is 0 Å². The van der Waals surface area contributed by atoms with E-state index >= 15 is 0 Å². The molecule has 2 saturated heterocycles. The first-order valence-corrected chi connectivity index (χ1v) is 11.2. The van der Waals surface area contributed by atoms with Gasteiger partial charge in [0.15, 0.2) is 5.03 Å². The highest BCUT2D eigenvalue weighted by molar-refractivity contribution is 7.89. The SMILES string of the molecule is CC(C)c1nc(S(=O)(=O)N2CC(N3CCN(c4ccccn4)CC3)C2)cn1C. The molecule has 0 radical (unpaired) electrons. The zero-order valence-corrected chi connectivity index (χ0v) is 17.5. The molecule has 0 saturated carbocycles. The van der Waals surface area contributed by atoms with E-state index in [2.05, 4.69) is 19.8 Å². The van der Waals surface area contributed by atoms with Gasteiger partial charge in [-0.2, -0.15) is 4.31 Å². The van der Waals surface area contributed by atoms with Crippen LogP contribution in [0.5, 0.6) is 0 Å². The number of aromatic nitrogens is 3. The molecule has 28 heavy (non-hydrogen) atoms. The quantitative estimate of drug-likeness (QED) is 0.744. The number of anilines is 1. The summed E-state index contributed by atoms with van der Waals surface area (Å²) in [6, 6.07) is 6.25. The van der Waals surface area contributed by atoms with Crippen molar-refractivity contribution in [2.24, 2.45) is 7.05 Å². The predicted molar refractivity (Wildman–Crippen MR) is 108 cm³/mol. The Morgan fingerprint density at radius 2 is 1.82 bits per heavy atom. The van der Waals surface area contributed by atoms with Crippen molar-refractivity contribution in [3.8, 4) is 0 Å². The number of pyridine rings is 1. The van der Waals surface area contributed by atoms with E-state index in [1.807, 2.05) is 49.9 Å². The van der Waals surface area contributed by atoms with Gasteiger partial charge in [-0.1, -0.05) is 19.9 Å². The molecule has 0 unspecified atom stereocenters. The maximum Gasteiger partial charge on any atom is 0.262 e. The van der Waals surface area contributed by atoms with Gasteiger partial charge in [-0.05, 0) is 12.1 Å². The fourth-order valence-electron chi connectivity index (χ4n) is 3.95. The van der Waals surface area contributed by atoms with Gasteiger partial charge in [-0.3, -0.25) is 4.90 Å². The Morgan fingerprint density at radius 1 is 1.11 bits per heavy atom. The minimum absolute atomic E-state index is 0.164. The molecular formula is C19H28N6O2S. The number of hydrogen-bond acceptors (Lipinski definition) is 6. The Labute approximate surface area is 166 Å². The van der Waals surface area contributed by atoms with Crippen LogP contribution in [0.15, 0.2) is 35.6 Å². The molecule has 4 heterocycles. The lowest BCUT2D eigenvalue weighted by Crippen LogP contribution is -2.64. The lowest BCUT2D eigenvalue weighted by atomic mass is 10.1. The summed E-state index contributed by atoms with van der Waals surface area (Å²) in [7, 11) is -1.66. The Morgan fingerprint density at radius 3 is 2.39 bits per heavy atom. The number of nitrogens with zero attached hydrogens (tertiary/aromatic N) is 6. The van der Waals surface area contributed by atoms with Crippen LogP contribution in [0.4, 0.5) is 5.82 Å². The van der Waals surface area contributed by atoms with E-state index in [0.717, 1.165) is 37.8 Å². The summed E-state index contributed by atoms with van der Waals surface area (Å²) >= 11 is 0. The van der Waals surface area contributed by atoms with Crippen LogP contribution in [0.1, 0.15) is 25.6 Å². The number of hydrogen-bond donors (Lipinski definition) is 0. The summed E-state index contributed by atoms with van der Waals surface area (Å²) in [6.45, 7) is 8.80. The molecule has 2 aliphatic rings. The highest BCUT2D eigenvalue weighted by Crippen LogP contribution is 2.26. The predicted octanol–water partition coefficient (Wildman–Crippen LogP) is 1.13. The van der Waals surface area contributed by atoms with E-state index < -0.39 is 10.0 Å². The molecule has 0 N–H and O–H groups in total. The van der Waals surface area contributed by atoms with Crippen LogP contribution in [-0.4, -0.2) is 77.5 Å². The van der Waals surface area contributed by atoms with E-state index in [1.54, 1.807) is 10.5 Å². The Hall–Kier alpha value is -1.97. The Bertz CT molecular complexity index is 913. The maximum absolute atomic E-state index is 12.9. The number of piperazine rings is 1. The zero-order chi connectivity index (χ0) is 19.9. The first kappa shape index (κ1) is 19.4.